The van der Waals surface area contributed by atoms with Crippen molar-refractivity contribution in [3.05, 3.63) is 18.2 Å². The molecular weight excluding hydrogens is 206 g/mol. The second-order valence-corrected chi connectivity index (χ2v) is 3.56. The van der Waals surface area contributed by atoms with Gasteiger partial charge in [-0.15, -0.1) is 0 Å². The lowest BCUT2D eigenvalue weighted by molar-refractivity contribution is -0.126. The zero-order valence-corrected chi connectivity index (χ0v) is 9.78. The Bertz CT molecular complexity index is 377. The minimum atomic E-state index is -0.0118. The summed E-state index contributed by atoms with van der Waals surface area (Å²) in [6.07, 6.45) is 0. The third-order valence-electron chi connectivity index (χ3n) is 2.21. The highest BCUT2D eigenvalue weighted by atomic mass is 16.5. The Kier molecular flexibility index (Phi) is 3.99. The molecule has 0 bridgehead atoms. The fraction of sp³-hybridized carbons (Fsp3) is 0.364. The average Bonchev–Trinajstić information content (AvgIpc) is 2.27. The summed E-state index contributed by atoms with van der Waals surface area (Å²) in [7, 11) is 4.97. The molecule has 0 atom stereocenters. The molecule has 0 spiro atoms. The van der Waals surface area contributed by atoms with Crippen LogP contribution in [0.5, 0.6) is 5.75 Å². The number of carbonyl (C=O) groups excluding carboxylic acids is 1. The van der Waals surface area contributed by atoms with Crippen LogP contribution in [0.15, 0.2) is 18.2 Å². The number of hydrogen-bond acceptors (Lipinski definition) is 4. The van der Waals surface area contributed by atoms with E-state index in [0.717, 1.165) is 0 Å². The molecule has 0 aromatic heterocycles. The van der Waals surface area contributed by atoms with Crippen molar-refractivity contribution in [1.29, 1.82) is 0 Å². The van der Waals surface area contributed by atoms with Crippen LogP contribution in [0.3, 0.4) is 0 Å². The molecule has 0 aliphatic rings. The van der Waals surface area contributed by atoms with Gasteiger partial charge in [0.15, 0.2) is 0 Å². The Labute approximate surface area is 95.2 Å². The van der Waals surface area contributed by atoms with Gasteiger partial charge in [-0.25, -0.2) is 0 Å². The zero-order valence-electron chi connectivity index (χ0n) is 9.78. The number of nitrogens with one attached hydrogen (secondary N) is 1. The van der Waals surface area contributed by atoms with Gasteiger partial charge in [-0.1, -0.05) is 6.07 Å². The number of nitrogens with two attached hydrogens (primary N) is 1. The molecule has 0 saturated heterocycles. The highest BCUT2D eigenvalue weighted by Gasteiger charge is 2.07. The first kappa shape index (κ1) is 12.2. The van der Waals surface area contributed by atoms with Crippen LogP contribution in [-0.4, -0.2) is 38.6 Å². The van der Waals surface area contributed by atoms with Crippen LogP contribution < -0.4 is 15.8 Å². The SMILES string of the molecule is COc1cccc(NCC(=O)N(C)C)c1N. The number of methoxy groups -OCH3 is 1. The lowest BCUT2D eigenvalue weighted by Crippen LogP contribution is -2.28. The molecule has 5 heteroatoms. The van der Waals surface area contributed by atoms with Crippen LogP contribution in [0.4, 0.5) is 11.4 Å². The number of hydrogen-bond donors (Lipinski definition) is 2. The van der Waals surface area contributed by atoms with Gasteiger partial charge >= 0.3 is 0 Å². The standard InChI is InChI=1S/C11H17N3O2/c1-14(2)10(15)7-13-8-5-4-6-9(16-3)11(8)12/h4-6,13H,7,12H2,1-3H3. The van der Waals surface area contributed by atoms with Gasteiger partial charge in [0.05, 0.1) is 25.0 Å². The van der Waals surface area contributed by atoms with Crippen molar-refractivity contribution in [3.8, 4) is 5.75 Å². The number of likely N-dealkylation sites (N-methyl/N-ethyl adjacent to an activating group) is 1. The van der Waals surface area contributed by atoms with Crippen molar-refractivity contribution < 1.29 is 9.53 Å². The Balaban J connectivity index is 2.71. The number of carbonyl (C=O) groups is 1. The first-order valence-electron chi connectivity index (χ1n) is 4.92. The van der Waals surface area contributed by atoms with E-state index in [1.807, 2.05) is 6.07 Å². The predicted octanol–water partition coefficient (Wildman–Crippen LogP) is 0.777. The summed E-state index contributed by atoms with van der Waals surface area (Å²) in [4.78, 5) is 12.9. The molecule has 16 heavy (non-hydrogen) atoms. The number of anilines is 2. The molecule has 0 heterocycles. The molecule has 88 valence electrons. The van der Waals surface area contributed by atoms with Gasteiger partial charge in [-0.2, -0.15) is 0 Å². The number of amides is 1. The van der Waals surface area contributed by atoms with E-state index in [-0.39, 0.29) is 12.5 Å². The van der Waals surface area contributed by atoms with Crippen molar-refractivity contribution in [2.24, 2.45) is 0 Å². The second-order valence-electron chi connectivity index (χ2n) is 3.56. The number of ether oxygens (including phenoxy) is 1. The summed E-state index contributed by atoms with van der Waals surface area (Å²) in [6.45, 7) is 0.213. The first-order valence-corrected chi connectivity index (χ1v) is 4.92. The summed E-state index contributed by atoms with van der Waals surface area (Å²) < 4.78 is 5.08. The van der Waals surface area contributed by atoms with Gasteiger partial charge in [0.1, 0.15) is 5.75 Å². The third-order valence-corrected chi connectivity index (χ3v) is 2.21. The van der Waals surface area contributed by atoms with Gasteiger partial charge in [0, 0.05) is 14.1 Å². The number of benzene rings is 1. The molecule has 0 aliphatic heterocycles. The molecule has 0 saturated carbocycles. The summed E-state index contributed by atoms with van der Waals surface area (Å²) in [6, 6.07) is 5.40. The predicted molar refractivity (Wildman–Crippen MR) is 64.6 cm³/mol. The van der Waals surface area contributed by atoms with E-state index in [1.54, 1.807) is 33.3 Å². The van der Waals surface area contributed by atoms with Crippen LogP contribution in [0, 0.1) is 0 Å². The monoisotopic (exact) mass is 223 g/mol. The minimum absolute atomic E-state index is 0.0118. The van der Waals surface area contributed by atoms with E-state index in [4.69, 9.17) is 10.5 Å². The zero-order chi connectivity index (χ0) is 12.1. The third kappa shape index (κ3) is 2.79. The molecule has 0 fully saturated rings. The molecule has 1 amide bonds. The number of nitrogen functional groups attached to an aromatic ring is 1. The molecule has 1 aromatic carbocycles. The van der Waals surface area contributed by atoms with Crippen LogP contribution in [0.2, 0.25) is 0 Å². The molecule has 1 rings (SSSR count). The molecule has 0 radical (unpaired) electrons. The summed E-state index contributed by atoms with van der Waals surface area (Å²) in [5, 5.41) is 2.97. The van der Waals surface area contributed by atoms with Gasteiger partial charge in [0.2, 0.25) is 5.91 Å². The topological polar surface area (TPSA) is 67.6 Å². The molecular formula is C11H17N3O2. The highest BCUT2D eigenvalue weighted by Crippen LogP contribution is 2.28. The van der Waals surface area contributed by atoms with Crippen molar-refractivity contribution in [1.82, 2.24) is 4.90 Å². The van der Waals surface area contributed by atoms with Crippen LogP contribution in [0.1, 0.15) is 0 Å². The average molecular weight is 223 g/mol. The van der Waals surface area contributed by atoms with E-state index in [0.29, 0.717) is 17.1 Å². The quantitative estimate of drug-likeness (QED) is 0.740. The van der Waals surface area contributed by atoms with Crippen molar-refractivity contribution in [2.45, 2.75) is 0 Å². The van der Waals surface area contributed by atoms with E-state index in [2.05, 4.69) is 5.32 Å². The summed E-state index contributed by atoms with van der Waals surface area (Å²) in [5.74, 6) is 0.588. The highest BCUT2D eigenvalue weighted by molar-refractivity contribution is 5.82. The Morgan fingerprint density at radius 3 is 2.75 bits per heavy atom. The van der Waals surface area contributed by atoms with E-state index >= 15 is 0 Å². The summed E-state index contributed by atoms with van der Waals surface area (Å²) >= 11 is 0. The first-order chi connectivity index (χ1) is 7.56. The number of para-hydroxylation sites is 1. The van der Waals surface area contributed by atoms with Crippen molar-refractivity contribution >= 4 is 17.3 Å². The molecule has 5 nitrogen and oxygen atoms in total. The number of rotatable bonds is 4. The van der Waals surface area contributed by atoms with Gasteiger partial charge in [0.25, 0.3) is 0 Å². The smallest absolute Gasteiger partial charge is 0.241 e. The Morgan fingerprint density at radius 2 is 2.19 bits per heavy atom. The Hall–Kier alpha value is -1.91. The maximum Gasteiger partial charge on any atom is 0.241 e. The number of nitrogens with zero attached hydrogens (tertiary/aromatic N) is 1. The molecule has 3 N–H and O–H groups in total. The fourth-order valence-corrected chi connectivity index (χ4v) is 1.21. The van der Waals surface area contributed by atoms with Crippen molar-refractivity contribution in [2.75, 3.05) is 38.8 Å². The minimum Gasteiger partial charge on any atom is -0.495 e. The largest absolute Gasteiger partial charge is 0.495 e. The van der Waals surface area contributed by atoms with E-state index in [9.17, 15) is 4.79 Å². The summed E-state index contributed by atoms with van der Waals surface area (Å²) in [5.41, 5.74) is 7.06. The van der Waals surface area contributed by atoms with Gasteiger partial charge < -0.3 is 20.7 Å². The fourth-order valence-electron chi connectivity index (χ4n) is 1.21. The van der Waals surface area contributed by atoms with Crippen LogP contribution >= 0.6 is 0 Å². The molecule has 1 aromatic rings. The van der Waals surface area contributed by atoms with E-state index < -0.39 is 0 Å². The van der Waals surface area contributed by atoms with E-state index in [1.165, 1.54) is 4.90 Å². The Morgan fingerprint density at radius 1 is 1.50 bits per heavy atom. The molecule has 0 unspecified atom stereocenters. The maximum absolute atomic E-state index is 11.4. The lowest BCUT2D eigenvalue weighted by Gasteiger charge is -2.14. The van der Waals surface area contributed by atoms with Crippen LogP contribution in [-0.2, 0) is 4.79 Å². The molecule has 0 aliphatic carbocycles. The van der Waals surface area contributed by atoms with Crippen molar-refractivity contribution in [3.63, 3.8) is 0 Å². The maximum atomic E-state index is 11.4. The van der Waals surface area contributed by atoms with Gasteiger partial charge in [-0.05, 0) is 12.1 Å². The lowest BCUT2D eigenvalue weighted by atomic mass is 10.2. The van der Waals surface area contributed by atoms with Gasteiger partial charge in [-0.3, -0.25) is 4.79 Å². The van der Waals surface area contributed by atoms with Crippen LogP contribution in [0.25, 0.3) is 0 Å². The second kappa shape index (κ2) is 5.25. The normalized spacial score (nSPS) is 9.69.